The summed E-state index contributed by atoms with van der Waals surface area (Å²) in [5, 5.41) is 21.3. The van der Waals surface area contributed by atoms with Crippen molar-refractivity contribution in [3.8, 4) is 5.75 Å². The lowest BCUT2D eigenvalue weighted by Gasteiger charge is -2.49. The minimum Gasteiger partial charge on any atom is -0.508 e. The highest BCUT2D eigenvalue weighted by Crippen LogP contribution is 2.40. The first-order valence-corrected chi connectivity index (χ1v) is 9.55. The standard InChI is InChI=1S/C18H21N3O6S/c1-8-7-28-17-13(16(24)21(17)14(8)18(25)26)20-15(23)12(19)9-3-4-11(22)10(5-9)6-27-2/h3-5,12-13,17,22H,6-7,19H2,1-2H3,(H,20,23)(H,25,26). The molecule has 150 valence electrons. The second-order valence-corrected chi connectivity index (χ2v) is 7.73. The number of methoxy groups -OCH3 is 1. The molecule has 2 heterocycles. The number of carbonyl (C=O) groups is 3. The summed E-state index contributed by atoms with van der Waals surface area (Å²) in [6, 6.07) is 2.64. The zero-order valence-electron chi connectivity index (χ0n) is 15.3. The van der Waals surface area contributed by atoms with Crippen LogP contribution >= 0.6 is 11.8 Å². The summed E-state index contributed by atoms with van der Waals surface area (Å²) < 4.78 is 5.00. The molecule has 1 aromatic carbocycles. The molecular formula is C18H21N3O6S. The van der Waals surface area contributed by atoms with Gasteiger partial charge in [0, 0.05) is 18.4 Å². The van der Waals surface area contributed by atoms with Gasteiger partial charge in [0.1, 0.15) is 28.9 Å². The van der Waals surface area contributed by atoms with Crippen molar-refractivity contribution in [2.45, 2.75) is 31.0 Å². The molecule has 10 heteroatoms. The molecule has 2 amide bonds. The Labute approximate surface area is 165 Å². The van der Waals surface area contributed by atoms with E-state index in [2.05, 4.69) is 5.32 Å². The van der Waals surface area contributed by atoms with E-state index in [9.17, 15) is 24.6 Å². The van der Waals surface area contributed by atoms with E-state index in [0.29, 0.717) is 22.5 Å². The third-order valence-electron chi connectivity index (χ3n) is 4.70. The van der Waals surface area contributed by atoms with Crippen LogP contribution in [0.4, 0.5) is 0 Å². The molecule has 1 saturated heterocycles. The van der Waals surface area contributed by atoms with E-state index in [1.807, 2.05) is 0 Å². The van der Waals surface area contributed by atoms with Crippen molar-refractivity contribution < 1.29 is 29.3 Å². The molecule has 2 aliphatic heterocycles. The average Bonchev–Trinajstić information content (AvgIpc) is 2.66. The summed E-state index contributed by atoms with van der Waals surface area (Å²) in [5.41, 5.74) is 7.56. The third kappa shape index (κ3) is 3.46. The zero-order valence-corrected chi connectivity index (χ0v) is 16.2. The van der Waals surface area contributed by atoms with Crippen molar-refractivity contribution in [3.05, 3.63) is 40.6 Å². The Morgan fingerprint density at radius 3 is 2.82 bits per heavy atom. The molecule has 5 N–H and O–H groups in total. The number of hydrogen-bond donors (Lipinski definition) is 4. The molecular weight excluding hydrogens is 386 g/mol. The number of amides is 2. The van der Waals surface area contributed by atoms with Crippen molar-refractivity contribution in [1.82, 2.24) is 10.2 Å². The highest BCUT2D eigenvalue weighted by molar-refractivity contribution is 8.00. The number of hydrogen-bond acceptors (Lipinski definition) is 7. The third-order valence-corrected chi connectivity index (χ3v) is 6.13. The van der Waals surface area contributed by atoms with Gasteiger partial charge in [-0.25, -0.2) is 4.79 Å². The van der Waals surface area contributed by atoms with Crippen LogP contribution in [0.5, 0.6) is 5.75 Å². The molecule has 2 aliphatic rings. The van der Waals surface area contributed by atoms with Crippen LogP contribution in [0.2, 0.25) is 0 Å². The molecule has 28 heavy (non-hydrogen) atoms. The van der Waals surface area contributed by atoms with E-state index in [-0.39, 0.29) is 18.1 Å². The minimum atomic E-state index is -1.16. The lowest BCUT2D eigenvalue weighted by atomic mass is 10.0. The number of β-lactam (4-membered cyclic amide) rings is 1. The maximum absolute atomic E-state index is 12.6. The first-order valence-electron chi connectivity index (χ1n) is 8.50. The zero-order chi connectivity index (χ0) is 20.6. The molecule has 0 radical (unpaired) electrons. The van der Waals surface area contributed by atoms with Crippen molar-refractivity contribution in [2.24, 2.45) is 5.73 Å². The molecule has 0 spiro atoms. The van der Waals surface area contributed by atoms with Gasteiger partial charge in [-0.1, -0.05) is 6.07 Å². The topological polar surface area (TPSA) is 142 Å². The number of nitrogens with one attached hydrogen (secondary N) is 1. The maximum atomic E-state index is 12.6. The fraction of sp³-hybridized carbons (Fsp3) is 0.389. The average molecular weight is 407 g/mol. The largest absolute Gasteiger partial charge is 0.508 e. The van der Waals surface area contributed by atoms with Crippen molar-refractivity contribution in [2.75, 3.05) is 12.9 Å². The lowest BCUT2D eigenvalue weighted by molar-refractivity contribution is -0.150. The summed E-state index contributed by atoms with van der Waals surface area (Å²) in [6.45, 7) is 1.83. The fourth-order valence-electron chi connectivity index (χ4n) is 3.24. The number of nitrogens with two attached hydrogens (primary N) is 1. The molecule has 3 unspecified atom stereocenters. The van der Waals surface area contributed by atoms with E-state index in [1.165, 1.54) is 35.9 Å². The Balaban J connectivity index is 1.72. The normalized spacial score (nSPS) is 22.4. The molecule has 0 aromatic heterocycles. The Bertz CT molecular complexity index is 871. The number of nitrogens with zero attached hydrogens (tertiary/aromatic N) is 1. The first-order chi connectivity index (χ1) is 13.3. The van der Waals surface area contributed by atoms with Crippen LogP contribution in [0.1, 0.15) is 24.1 Å². The second kappa shape index (κ2) is 7.82. The number of carboxylic acids is 1. The number of carbonyl (C=O) groups excluding carboxylic acids is 2. The van der Waals surface area contributed by atoms with Gasteiger partial charge in [0.15, 0.2) is 0 Å². The van der Waals surface area contributed by atoms with Gasteiger partial charge in [-0.2, -0.15) is 0 Å². The number of carboxylic acid groups (broad SMARTS) is 1. The van der Waals surface area contributed by atoms with Gasteiger partial charge < -0.3 is 26.0 Å². The molecule has 1 aromatic rings. The maximum Gasteiger partial charge on any atom is 0.352 e. The number of benzene rings is 1. The van der Waals surface area contributed by atoms with E-state index in [1.54, 1.807) is 13.0 Å². The van der Waals surface area contributed by atoms with E-state index in [0.717, 1.165) is 0 Å². The van der Waals surface area contributed by atoms with Crippen LogP contribution in [0.3, 0.4) is 0 Å². The molecule has 0 aliphatic carbocycles. The molecule has 0 saturated carbocycles. The summed E-state index contributed by atoms with van der Waals surface area (Å²) in [4.78, 5) is 37.7. The van der Waals surface area contributed by atoms with Crippen molar-refractivity contribution >= 4 is 29.5 Å². The quantitative estimate of drug-likeness (QED) is 0.493. The minimum absolute atomic E-state index is 0.0220. The predicted octanol–water partition coefficient (Wildman–Crippen LogP) is 0.297. The van der Waals surface area contributed by atoms with Gasteiger partial charge >= 0.3 is 5.97 Å². The summed E-state index contributed by atoms with van der Waals surface area (Å²) in [5.74, 6) is -1.69. The molecule has 1 fully saturated rings. The summed E-state index contributed by atoms with van der Waals surface area (Å²) in [6.07, 6.45) is 0. The van der Waals surface area contributed by atoms with Crippen LogP contribution in [0.25, 0.3) is 0 Å². The van der Waals surface area contributed by atoms with Crippen LogP contribution in [0, 0.1) is 0 Å². The number of rotatable bonds is 6. The Kier molecular flexibility index (Phi) is 5.64. The SMILES string of the molecule is COCc1cc(C(N)C(=O)NC2C(=O)N3C(C(=O)O)=C(C)CSC23)ccc1O. The smallest absolute Gasteiger partial charge is 0.352 e. The number of fused-ring (bicyclic) bond motifs is 1. The second-order valence-electron chi connectivity index (χ2n) is 6.63. The van der Waals surface area contributed by atoms with Crippen LogP contribution in [-0.2, 0) is 25.7 Å². The first kappa shape index (κ1) is 20.2. The Hall–Kier alpha value is -2.56. The summed E-state index contributed by atoms with van der Waals surface area (Å²) >= 11 is 1.39. The van der Waals surface area contributed by atoms with Crippen LogP contribution < -0.4 is 11.1 Å². The number of thioether (sulfide) groups is 1. The molecule has 3 atom stereocenters. The fourth-order valence-corrected chi connectivity index (χ4v) is 4.53. The number of phenols is 1. The monoisotopic (exact) mass is 407 g/mol. The van der Waals surface area contributed by atoms with Gasteiger partial charge in [-0.15, -0.1) is 11.8 Å². The Morgan fingerprint density at radius 1 is 1.46 bits per heavy atom. The van der Waals surface area contributed by atoms with Crippen LogP contribution in [0.15, 0.2) is 29.5 Å². The van der Waals surface area contributed by atoms with Gasteiger partial charge in [-0.3, -0.25) is 14.5 Å². The van der Waals surface area contributed by atoms with Crippen molar-refractivity contribution in [3.63, 3.8) is 0 Å². The summed E-state index contributed by atoms with van der Waals surface area (Å²) in [7, 11) is 1.48. The highest BCUT2D eigenvalue weighted by Gasteiger charge is 2.53. The van der Waals surface area contributed by atoms with E-state index in [4.69, 9.17) is 10.5 Å². The number of phenolic OH excluding ortho intramolecular Hbond substituents is 1. The Morgan fingerprint density at radius 2 is 2.18 bits per heavy atom. The number of aliphatic carboxylic acids is 1. The van der Waals surface area contributed by atoms with Gasteiger partial charge in [0.2, 0.25) is 5.91 Å². The molecule has 9 nitrogen and oxygen atoms in total. The van der Waals surface area contributed by atoms with E-state index >= 15 is 0 Å². The molecule has 0 bridgehead atoms. The number of ether oxygens (including phenoxy) is 1. The predicted molar refractivity (Wildman–Crippen MR) is 101 cm³/mol. The van der Waals surface area contributed by atoms with Gasteiger partial charge in [0.05, 0.1) is 6.61 Å². The van der Waals surface area contributed by atoms with Gasteiger partial charge in [-0.05, 0) is 30.2 Å². The van der Waals surface area contributed by atoms with Crippen LogP contribution in [-0.4, -0.2) is 57.2 Å². The van der Waals surface area contributed by atoms with E-state index < -0.39 is 35.2 Å². The van der Waals surface area contributed by atoms with Gasteiger partial charge in [0.25, 0.3) is 5.91 Å². The number of aromatic hydroxyl groups is 1. The molecule has 3 rings (SSSR count). The van der Waals surface area contributed by atoms with Crippen molar-refractivity contribution in [1.29, 1.82) is 0 Å². The highest BCUT2D eigenvalue weighted by atomic mass is 32.2. The lowest BCUT2D eigenvalue weighted by Crippen LogP contribution is -2.71.